The lowest BCUT2D eigenvalue weighted by atomic mass is 10.1. The molecule has 4 atom stereocenters. The number of nitrogens with zero attached hydrogens (tertiary/aromatic N) is 2. The highest BCUT2D eigenvalue weighted by Gasteiger charge is 2.45. The second-order valence-corrected chi connectivity index (χ2v) is 4.18. The van der Waals surface area contributed by atoms with Crippen molar-refractivity contribution >= 4 is 5.82 Å². The summed E-state index contributed by atoms with van der Waals surface area (Å²) in [5.74, 6) is 0.0592. The first kappa shape index (κ1) is 12.9. The number of aromatic nitrogens is 2. The van der Waals surface area contributed by atoms with Gasteiger partial charge < -0.3 is 20.7 Å². The van der Waals surface area contributed by atoms with Crippen LogP contribution in [0.15, 0.2) is 11.0 Å². The zero-order valence-corrected chi connectivity index (χ0v) is 9.65. The summed E-state index contributed by atoms with van der Waals surface area (Å²) in [4.78, 5) is 15.1. The van der Waals surface area contributed by atoms with Gasteiger partial charge in [0.25, 0.3) is 0 Å². The Bertz CT molecular complexity index is 506. The summed E-state index contributed by atoms with van der Waals surface area (Å²) in [6.45, 7) is 1.08. The number of hydrogen-bond donors (Lipinski definition) is 3. The van der Waals surface area contributed by atoms with Crippen LogP contribution in [0.25, 0.3) is 0 Å². The molecule has 8 heteroatoms. The van der Waals surface area contributed by atoms with Gasteiger partial charge >= 0.3 is 5.69 Å². The average Bonchev–Trinajstić information content (AvgIpc) is 2.61. The van der Waals surface area contributed by atoms with Crippen LogP contribution in [0, 0.1) is 6.92 Å². The molecule has 18 heavy (non-hydrogen) atoms. The lowest BCUT2D eigenvalue weighted by Crippen LogP contribution is -2.34. The smallest absolute Gasteiger partial charge is 0.351 e. The van der Waals surface area contributed by atoms with Crippen LogP contribution in [-0.2, 0) is 4.74 Å². The highest BCUT2D eigenvalue weighted by atomic mass is 18.2. The van der Waals surface area contributed by atoms with Crippen LogP contribution < -0.4 is 11.4 Å². The molecule has 0 saturated carbocycles. The lowest BCUT2D eigenvalue weighted by molar-refractivity contribution is -0.0491. The van der Waals surface area contributed by atoms with Crippen LogP contribution in [0.3, 0.4) is 0 Å². The second-order valence-electron chi connectivity index (χ2n) is 4.18. The predicted octanol–water partition coefficient (Wildman–Crippen LogP) is -1.28. The first-order valence-electron chi connectivity index (χ1n) is 5.39. The number of ether oxygens (including phenoxy) is 1. The van der Waals surface area contributed by atoms with Crippen molar-refractivity contribution < 1.29 is 19.3 Å². The first-order chi connectivity index (χ1) is 8.45. The van der Waals surface area contributed by atoms with Crippen molar-refractivity contribution in [3.05, 3.63) is 22.2 Å². The van der Waals surface area contributed by atoms with E-state index >= 15 is 0 Å². The highest BCUT2D eigenvalue weighted by molar-refractivity contribution is 5.35. The highest BCUT2D eigenvalue weighted by Crippen LogP contribution is 2.30. The number of hydrogen-bond acceptors (Lipinski definition) is 6. The van der Waals surface area contributed by atoms with E-state index in [4.69, 9.17) is 15.6 Å². The average molecular weight is 258 g/mol. The zero-order valence-electron chi connectivity index (χ0n) is 9.65. The monoisotopic (exact) mass is 258 g/mol. The van der Waals surface area contributed by atoms with Crippen molar-refractivity contribution in [2.45, 2.75) is 31.5 Å². The van der Waals surface area contributed by atoms with Crippen molar-refractivity contribution in [2.24, 2.45) is 0 Å². The summed E-state index contributed by atoms with van der Waals surface area (Å²) in [5, 5.41) is 18.4. The van der Waals surface area contributed by atoms with Crippen molar-refractivity contribution in [2.75, 3.05) is 12.3 Å². The molecule has 1 saturated heterocycles. The van der Waals surface area contributed by atoms with Gasteiger partial charge in [-0.05, 0) is 6.92 Å². The van der Waals surface area contributed by atoms with Gasteiger partial charge in [0, 0.05) is 11.8 Å². The maximum atomic E-state index is 13.8. The fraction of sp³-hybridized carbons (Fsp3) is 0.600. The SMILES string of the molecule is Cc1cn(C2OC(CO)C(O)C2[18F])c(=O)nc1N. The maximum Gasteiger partial charge on any atom is 0.351 e. The van der Waals surface area contributed by atoms with Crippen molar-refractivity contribution in [3.63, 3.8) is 0 Å². The molecule has 100 valence electrons. The Hall–Kier alpha value is -1.51. The molecule has 0 aromatic carbocycles. The number of nitrogens with two attached hydrogens (primary N) is 1. The number of rotatable bonds is 2. The van der Waals surface area contributed by atoms with Gasteiger partial charge in [0.1, 0.15) is 18.0 Å². The normalized spacial score (nSPS) is 31.8. The predicted molar refractivity (Wildman–Crippen MR) is 59.5 cm³/mol. The van der Waals surface area contributed by atoms with Gasteiger partial charge in [-0.3, -0.25) is 4.57 Å². The first-order valence-corrected chi connectivity index (χ1v) is 5.39. The molecule has 2 rings (SSSR count). The van der Waals surface area contributed by atoms with Crippen LogP contribution in [0.2, 0.25) is 0 Å². The molecule has 0 aliphatic carbocycles. The van der Waals surface area contributed by atoms with E-state index in [1.54, 1.807) is 6.92 Å². The molecule has 4 unspecified atom stereocenters. The molecular formula is C10H14FN3O4. The van der Waals surface area contributed by atoms with E-state index < -0.39 is 36.9 Å². The number of aliphatic hydroxyl groups excluding tert-OH is 2. The molecule has 2 heterocycles. The van der Waals surface area contributed by atoms with Gasteiger partial charge in [0.05, 0.1) is 6.61 Å². The number of nitrogen functional groups attached to an aromatic ring is 1. The van der Waals surface area contributed by atoms with Crippen LogP contribution in [0.1, 0.15) is 11.8 Å². The van der Waals surface area contributed by atoms with Crippen LogP contribution in [-0.4, -0.2) is 44.8 Å². The maximum absolute atomic E-state index is 13.8. The summed E-state index contributed by atoms with van der Waals surface area (Å²) in [6, 6.07) is 0. The summed E-state index contributed by atoms with van der Waals surface area (Å²) in [5.41, 5.74) is 5.18. The van der Waals surface area contributed by atoms with Crippen molar-refractivity contribution in [1.82, 2.24) is 9.55 Å². The minimum atomic E-state index is -1.82. The Morgan fingerprint density at radius 3 is 2.89 bits per heavy atom. The van der Waals surface area contributed by atoms with Gasteiger partial charge in [0.2, 0.25) is 0 Å². The third-order valence-electron chi connectivity index (χ3n) is 2.92. The molecule has 0 radical (unpaired) electrons. The summed E-state index contributed by atoms with van der Waals surface area (Å²) in [7, 11) is 0. The molecule has 0 amide bonds. The van der Waals surface area contributed by atoms with Crippen LogP contribution in [0.5, 0.6) is 0 Å². The van der Waals surface area contributed by atoms with E-state index in [9.17, 15) is 14.3 Å². The molecule has 4 N–H and O–H groups in total. The number of aryl methyl sites for hydroxylation is 1. The van der Waals surface area contributed by atoms with E-state index in [2.05, 4.69) is 4.98 Å². The molecule has 0 spiro atoms. The van der Waals surface area contributed by atoms with Gasteiger partial charge in [-0.25, -0.2) is 9.18 Å². The molecule has 7 nitrogen and oxygen atoms in total. The Morgan fingerprint density at radius 1 is 1.67 bits per heavy atom. The molecule has 1 fully saturated rings. The van der Waals surface area contributed by atoms with Gasteiger partial charge in [-0.15, -0.1) is 0 Å². The minimum Gasteiger partial charge on any atom is -0.394 e. The molecule has 1 aliphatic heterocycles. The fourth-order valence-electron chi connectivity index (χ4n) is 1.84. The van der Waals surface area contributed by atoms with E-state index in [0.29, 0.717) is 5.56 Å². The Labute approximate surface area is 102 Å². The van der Waals surface area contributed by atoms with E-state index in [1.165, 1.54) is 6.20 Å². The van der Waals surface area contributed by atoms with Crippen molar-refractivity contribution in [3.8, 4) is 0 Å². The van der Waals surface area contributed by atoms with Gasteiger partial charge in [-0.2, -0.15) is 4.98 Å². The lowest BCUT2D eigenvalue weighted by Gasteiger charge is -2.16. The van der Waals surface area contributed by atoms with Gasteiger partial charge in [-0.1, -0.05) is 0 Å². The Kier molecular flexibility index (Phi) is 3.33. The van der Waals surface area contributed by atoms with Crippen LogP contribution >= 0.6 is 0 Å². The van der Waals surface area contributed by atoms with Crippen LogP contribution in [0.4, 0.5) is 10.2 Å². The van der Waals surface area contributed by atoms with Crippen molar-refractivity contribution in [1.29, 1.82) is 0 Å². The summed E-state index contributed by atoms with van der Waals surface area (Å²) < 4.78 is 19.8. The summed E-state index contributed by atoms with van der Waals surface area (Å²) in [6.07, 6.45) is -4.35. The summed E-state index contributed by atoms with van der Waals surface area (Å²) >= 11 is 0. The fourth-order valence-corrected chi connectivity index (χ4v) is 1.84. The van der Waals surface area contributed by atoms with E-state index in [-0.39, 0.29) is 5.82 Å². The minimum absolute atomic E-state index is 0.0592. The third kappa shape index (κ3) is 1.98. The number of alkyl halides is 1. The number of anilines is 1. The molecule has 1 aliphatic rings. The number of aliphatic hydroxyl groups is 2. The standard InChI is InChI=1S/C10H14FN3O4/c1-4-2-14(10(17)13-8(4)12)9-6(11)7(16)5(3-15)18-9/h2,5-7,9,15-16H,3H2,1H3,(H2,12,13,17)/i11-1. The third-order valence-corrected chi connectivity index (χ3v) is 2.92. The van der Waals surface area contributed by atoms with Gasteiger partial charge in [0.15, 0.2) is 12.4 Å². The topological polar surface area (TPSA) is 111 Å². The quantitative estimate of drug-likeness (QED) is 0.609. The number of halogens is 1. The molecular weight excluding hydrogens is 244 g/mol. The second kappa shape index (κ2) is 4.63. The molecule has 1 aromatic heterocycles. The van der Waals surface area contributed by atoms with E-state index in [0.717, 1.165) is 4.57 Å². The largest absolute Gasteiger partial charge is 0.394 e. The Morgan fingerprint density at radius 2 is 2.33 bits per heavy atom. The van der Waals surface area contributed by atoms with E-state index in [1.807, 2.05) is 0 Å². The zero-order chi connectivity index (χ0) is 13.4. The Balaban J connectivity index is 2.39. The molecule has 1 aromatic rings. The molecule has 0 bridgehead atoms.